The first-order chi connectivity index (χ1) is 11.2. The lowest BCUT2D eigenvalue weighted by molar-refractivity contribution is -0.155. The Morgan fingerprint density at radius 2 is 2.12 bits per heavy atom. The Morgan fingerprint density at radius 3 is 2.75 bits per heavy atom. The van der Waals surface area contributed by atoms with Gasteiger partial charge in [-0.3, -0.25) is 14.8 Å². The Hall–Kier alpha value is -2.12. The van der Waals surface area contributed by atoms with Gasteiger partial charge >= 0.3 is 12.0 Å². The van der Waals surface area contributed by atoms with E-state index in [1.54, 1.807) is 11.9 Å². The third-order valence-corrected chi connectivity index (χ3v) is 3.81. The molecule has 134 valence electrons. The van der Waals surface area contributed by atoms with E-state index >= 15 is 0 Å². The Labute approximate surface area is 142 Å². The van der Waals surface area contributed by atoms with Crippen LogP contribution in [0.1, 0.15) is 52.9 Å². The molecule has 0 saturated carbocycles. The molecule has 0 aromatic carbocycles. The summed E-state index contributed by atoms with van der Waals surface area (Å²) < 4.78 is 6.88. The highest BCUT2D eigenvalue weighted by Crippen LogP contribution is 2.22. The fourth-order valence-corrected chi connectivity index (χ4v) is 2.81. The number of piperidine rings is 1. The number of ether oxygens (including phenoxy) is 1. The summed E-state index contributed by atoms with van der Waals surface area (Å²) >= 11 is 0. The summed E-state index contributed by atoms with van der Waals surface area (Å²) in [5.74, 6) is 0.0683. The molecule has 1 aromatic heterocycles. The molecule has 1 saturated heterocycles. The molecule has 0 bridgehead atoms. The van der Waals surface area contributed by atoms with E-state index in [1.807, 2.05) is 20.8 Å². The first-order valence-electron chi connectivity index (χ1n) is 8.40. The molecule has 2 rings (SSSR count). The van der Waals surface area contributed by atoms with Crippen LogP contribution in [0, 0.1) is 0 Å². The predicted molar refractivity (Wildman–Crippen MR) is 89.4 cm³/mol. The largest absolute Gasteiger partial charge is 0.460 e. The van der Waals surface area contributed by atoms with Gasteiger partial charge in [0.05, 0.1) is 0 Å². The smallest absolute Gasteiger partial charge is 0.324 e. The molecule has 8 heteroatoms. The highest BCUT2D eigenvalue weighted by atomic mass is 16.6. The fourth-order valence-electron chi connectivity index (χ4n) is 2.81. The first kappa shape index (κ1) is 18.2. The Balaban J connectivity index is 1.89. The van der Waals surface area contributed by atoms with Crippen LogP contribution in [-0.4, -0.2) is 49.9 Å². The van der Waals surface area contributed by atoms with E-state index < -0.39 is 5.60 Å². The molecule has 1 atom stereocenters. The molecule has 8 nitrogen and oxygen atoms in total. The number of nitrogens with zero attached hydrogens (tertiary/aromatic N) is 4. The number of rotatable bonds is 4. The van der Waals surface area contributed by atoms with Gasteiger partial charge in [-0.25, -0.2) is 9.78 Å². The van der Waals surface area contributed by atoms with E-state index in [0.717, 1.165) is 19.3 Å². The van der Waals surface area contributed by atoms with Crippen LogP contribution in [0.4, 0.5) is 10.7 Å². The van der Waals surface area contributed by atoms with Gasteiger partial charge < -0.3 is 9.64 Å². The Bertz CT molecular complexity index is 579. The number of hydrogen-bond donors (Lipinski definition) is 1. The zero-order chi connectivity index (χ0) is 17.7. The standard InChI is InChI=1S/C16H27N5O3/c1-16(2,3)24-13(22)9-8-12-7-5-6-10-21(12)15(23)18-14-17-11-20(4)19-14/h11-12H,5-10H2,1-4H3,(H,18,19,23). The number of hydrogen-bond acceptors (Lipinski definition) is 5. The van der Waals surface area contributed by atoms with Crippen LogP contribution in [0.15, 0.2) is 6.33 Å². The summed E-state index contributed by atoms with van der Waals surface area (Å²) in [6, 6.07) is -0.176. The number of amides is 2. The molecule has 0 aliphatic carbocycles. The van der Waals surface area contributed by atoms with Crippen molar-refractivity contribution in [3.8, 4) is 0 Å². The quantitative estimate of drug-likeness (QED) is 0.852. The SMILES string of the molecule is Cn1cnc(NC(=O)N2CCCCC2CCC(=O)OC(C)(C)C)n1. The summed E-state index contributed by atoms with van der Waals surface area (Å²) in [7, 11) is 1.74. The molecule has 1 fully saturated rings. The number of aromatic nitrogens is 3. The van der Waals surface area contributed by atoms with Gasteiger partial charge in [-0.2, -0.15) is 0 Å². The van der Waals surface area contributed by atoms with E-state index in [0.29, 0.717) is 25.3 Å². The Morgan fingerprint density at radius 1 is 1.38 bits per heavy atom. The number of esters is 1. The minimum atomic E-state index is -0.481. The van der Waals surface area contributed by atoms with Crippen LogP contribution >= 0.6 is 0 Å². The lowest BCUT2D eigenvalue weighted by atomic mass is 9.98. The predicted octanol–water partition coefficient (Wildman–Crippen LogP) is 2.32. The molecule has 0 radical (unpaired) electrons. The van der Waals surface area contributed by atoms with Gasteiger partial charge in [-0.1, -0.05) is 0 Å². The van der Waals surface area contributed by atoms with Crippen molar-refractivity contribution in [2.24, 2.45) is 7.05 Å². The summed E-state index contributed by atoms with van der Waals surface area (Å²) in [6.45, 7) is 6.24. The third-order valence-electron chi connectivity index (χ3n) is 3.81. The number of carbonyl (C=O) groups excluding carboxylic acids is 2. The van der Waals surface area contributed by atoms with Crippen LogP contribution in [0.25, 0.3) is 0 Å². The van der Waals surface area contributed by atoms with E-state index in [9.17, 15) is 9.59 Å². The second-order valence-corrected chi connectivity index (χ2v) is 7.14. The Kier molecular flexibility index (Phi) is 5.80. The van der Waals surface area contributed by atoms with E-state index in [-0.39, 0.29) is 18.0 Å². The molecule has 1 N–H and O–H groups in total. The van der Waals surface area contributed by atoms with Gasteiger partial charge in [0.25, 0.3) is 0 Å². The average molecular weight is 337 g/mol. The van der Waals surface area contributed by atoms with Crippen molar-refractivity contribution in [2.75, 3.05) is 11.9 Å². The van der Waals surface area contributed by atoms with E-state index in [1.165, 1.54) is 11.0 Å². The number of likely N-dealkylation sites (tertiary alicyclic amines) is 1. The minimum Gasteiger partial charge on any atom is -0.460 e. The highest BCUT2D eigenvalue weighted by Gasteiger charge is 2.28. The van der Waals surface area contributed by atoms with Crippen molar-refractivity contribution in [1.29, 1.82) is 0 Å². The molecule has 1 aromatic rings. The van der Waals surface area contributed by atoms with Crippen LogP contribution in [-0.2, 0) is 16.6 Å². The van der Waals surface area contributed by atoms with Gasteiger partial charge in [-0.15, -0.1) is 5.10 Å². The lowest BCUT2D eigenvalue weighted by Gasteiger charge is -2.35. The number of carbonyl (C=O) groups is 2. The van der Waals surface area contributed by atoms with Gasteiger partial charge in [0, 0.05) is 26.1 Å². The summed E-state index contributed by atoms with van der Waals surface area (Å²) in [5, 5.41) is 6.77. The molecule has 2 heterocycles. The molecule has 0 spiro atoms. The van der Waals surface area contributed by atoms with Crippen molar-refractivity contribution in [2.45, 2.75) is 64.5 Å². The second-order valence-electron chi connectivity index (χ2n) is 7.14. The molecule has 2 amide bonds. The third kappa shape index (κ3) is 5.50. The van der Waals surface area contributed by atoms with Crippen molar-refractivity contribution < 1.29 is 14.3 Å². The number of aryl methyl sites for hydroxylation is 1. The van der Waals surface area contributed by atoms with Crippen LogP contribution < -0.4 is 5.32 Å². The maximum Gasteiger partial charge on any atom is 0.324 e. The molecule has 1 aliphatic heterocycles. The molecular formula is C16H27N5O3. The molecule has 1 unspecified atom stereocenters. The zero-order valence-corrected chi connectivity index (χ0v) is 14.9. The first-order valence-corrected chi connectivity index (χ1v) is 8.40. The molecular weight excluding hydrogens is 310 g/mol. The zero-order valence-electron chi connectivity index (χ0n) is 14.9. The van der Waals surface area contributed by atoms with Crippen LogP contribution in [0.5, 0.6) is 0 Å². The summed E-state index contributed by atoms with van der Waals surface area (Å²) in [5.41, 5.74) is -0.481. The monoisotopic (exact) mass is 337 g/mol. The van der Waals surface area contributed by atoms with E-state index in [2.05, 4.69) is 15.4 Å². The van der Waals surface area contributed by atoms with Crippen molar-refractivity contribution in [3.63, 3.8) is 0 Å². The fraction of sp³-hybridized carbons (Fsp3) is 0.750. The van der Waals surface area contributed by atoms with Gasteiger partial charge in [0.2, 0.25) is 5.95 Å². The second kappa shape index (κ2) is 7.63. The molecule has 1 aliphatic rings. The summed E-state index contributed by atoms with van der Waals surface area (Å²) in [4.78, 5) is 30.2. The minimum absolute atomic E-state index is 0.0370. The lowest BCUT2D eigenvalue weighted by Crippen LogP contribution is -2.46. The number of nitrogens with one attached hydrogen (secondary N) is 1. The van der Waals surface area contributed by atoms with Crippen LogP contribution in [0.2, 0.25) is 0 Å². The summed E-state index contributed by atoms with van der Waals surface area (Å²) in [6.07, 6.45) is 5.37. The maximum absolute atomic E-state index is 12.5. The average Bonchev–Trinajstić information content (AvgIpc) is 2.89. The molecule has 24 heavy (non-hydrogen) atoms. The van der Waals surface area contributed by atoms with Crippen molar-refractivity contribution in [3.05, 3.63) is 6.33 Å². The van der Waals surface area contributed by atoms with Crippen molar-refractivity contribution in [1.82, 2.24) is 19.7 Å². The maximum atomic E-state index is 12.5. The number of urea groups is 1. The highest BCUT2D eigenvalue weighted by molar-refractivity contribution is 5.87. The van der Waals surface area contributed by atoms with Crippen molar-refractivity contribution >= 4 is 17.9 Å². The van der Waals surface area contributed by atoms with E-state index in [4.69, 9.17) is 4.74 Å². The normalized spacial score (nSPS) is 18.3. The van der Waals surface area contributed by atoms with Crippen LogP contribution in [0.3, 0.4) is 0 Å². The van der Waals surface area contributed by atoms with Gasteiger partial charge in [0.1, 0.15) is 11.9 Å². The number of anilines is 1. The van der Waals surface area contributed by atoms with Gasteiger partial charge in [0.15, 0.2) is 0 Å². The topological polar surface area (TPSA) is 89.4 Å². The van der Waals surface area contributed by atoms with Gasteiger partial charge in [-0.05, 0) is 46.5 Å².